The molecule has 0 aromatic carbocycles. The quantitative estimate of drug-likeness (QED) is 0.129. The third-order valence-corrected chi connectivity index (χ3v) is 0.745. The highest BCUT2D eigenvalue weighted by Crippen LogP contribution is 1.59. The molecule has 0 bridgehead atoms. The van der Waals surface area contributed by atoms with Crippen LogP contribution >= 0.6 is 0 Å². The van der Waals surface area contributed by atoms with Gasteiger partial charge in [-0.25, -0.2) is 0 Å². The Morgan fingerprint density at radius 3 is 2.55 bits per heavy atom. The van der Waals surface area contributed by atoms with Crippen molar-refractivity contribution in [3.8, 4) is 0 Å². The number of hydrogen-bond acceptors (Lipinski definition) is 2. The van der Waals surface area contributed by atoms with Crippen molar-refractivity contribution in [1.82, 2.24) is 16.2 Å². The molecular formula is C5H12N6. The zero-order valence-electron chi connectivity index (χ0n) is 6.07. The molecular weight excluding hydrogens is 144 g/mol. The van der Waals surface area contributed by atoms with E-state index in [1.165, 1.54) is 0 Å². The summed E-state index contributed by atoms with van der Waals surface area (Å²) in [4.78, 5) is 0. The molecule has 0 aliphatic rings. The van der Waals surface area contributed by atoms with Gasteiger partial charge in [-0.15, -0.1) is 6.58 Å². The van der Waals surface area contributed by atoms with E-state index in [2.05, 4.69) is 22.7 Å². The minimum atomic E-state index is -0.241. The fourth-order valence-electron chi connectivity index (χ4n) is 0.348. The zero-order chi connectivity index (χ0) is 8.69. The topological polar surface area (TPSA) is 110 Å². The molecule has 0 fully saturated rings. The Labute approximate surface area is 64.8 Å². The molecule has 0 amide bonds. The molecule has 0 heterocycles. The maximum Gasteiger partial charge on any atom is 0.207 e. The molecule has 62 valence electrons. The van der Waals surface area contributed by atoms with Crippen molar-refractivity contribution < 1.29 is 0 Å². The number of nitrogens with two attached hydrogens (primary N) is 1. The van der Waals surface area contributed by atoms with E-state index in [1.54, 1.807) is 6.08 Å². The van der Waals surface area contributed by atoms with Crippen LogP contribution in [0.25, 0.3) is 0 Å². The number of hydrogen-bond donors (Lipinski definition) is 6. The van der Waals surface area contributed by atoms with Gasteiger partial charge in [0.25, 0.3) is 0 Å². The van der Waals surface area contributed by atoms with Crippen molar-refractivity contribution in [1.29, 1.82) is 10.8 Å². The van der Waals surface area contributed by atoms with E-state index in [0.717, 1.165) is 0 Å². The van der Waals surface area contributed by atoms with E-state index >= 15 is 0 Å². The number of rotatable bonds is 2. The fourth-order valence-corrected chi connectivity index (χ4v) is 0.348. The van der Waals surface area contributed by atoms with E-state index in [4.69, 9.17) is 16.6 Å². The average molecular weight is 156 g/mol. The van der Waals surface area contributed by atoms with Gasteiger partial charge in [0, 0.05) is 6.54 Å². The molecule has 11 heavy (non-hydrogen) atoms. The number of hydrazine groups is 1. The summed E-state index contributed by atoms with van der Waals surface area (Å²) in [5.74, 6) is -0.199. The molecule has 0 radical (unpaired) electrons. The summed E-state index contributed by atoms with van der Waals surface area (Å²) in [7, 11) is 0. The van der Waals surface area contributed by atoms with Crippen LogP contribution in [-0.2, 0) is 0 Å². The van der Waals surface area contributed by atoms with Crippen molar-refractivity contribution in [2.24, 2.45) is 5.73 Å². The van der Waals surface area contributed by atoms with Crippen LogP contribution in [0.1, 0.15) is 0 Å². The van der Waals surface area contributed by atoms with Gasteiger partial charge in [0.1, 0.15) is 0 Å². The summed E-state index contributed by atoms with van der Waals surface area (Å²) < 4.78 is 0. The molecule has 7 N–H and O–H groups in total. The first-order valence-corrected chi connectivity index (χ1v) is 2.96. The predicted molar refractivity (Wildman–Crippen MR) is 44.1 cm³/mol. The summed E-state index contributed by atoms with van der Waals surface area (Å²) >= 11 is 0. The van der Waals surface area contributed by atoms with Crippen LogP contribution in [0, 0.1) is 10.8 Å². The van der Waals surface area contributed by atoms with Crippen molar-refractivity contribution in [3.63, 3.8) is 0 Å². The second-order valence-corrected chi connectivity index (χ2v) is 1.71. The van der Waals surface area contributed by atoms with Gasteiger partial charge in [-0.05, 0) is 0 Å². The molecule has 0 aromatic rings. The lowest BCUT2D eigenvalue weighted by Crippen LogP contribution is -2.49. The Kier molecular flexibility index (Phi) is 4.30. The van der Waals surface area contributed by atoms with Crippen molar-refractivity contribution >= 4 is 11.9 Å². The number of nitrogens with one attached hydrogen (secondary N) is 5. The normalized spacial score (nSPS) is 8.00. The maximum atomic E-state index is 7.10. The highest BCUT2D eigenvalue weighted by atomic mass is 15.4. The van der Waals surface area contributed by atoms with Crippen LogP contribution < -0.4 is 21.9 Å². The lowest BCUT2D eigenvalue weighted by molar-refractivity contribution is 0.794. The van der Waals surface area contributed by atoms with Gasteiger partial charge < -0.3 is 11.1 Å². The average Bonchev–Trinajstić information content (AvgIpc) is 1.97. The van der Waals surface area contributed by atoms with Crippen LogP contribution in [0.15, 0.2) is 12.7 Å². The summed E-state index contributed by atoms with van der Waals surface area (Å²) in [5.41, 5.74) is 9.52. The van der Waals surface area contributed by atoms with Crippen LogP contribution in [0.4, 0.5) is 0 Å². The third kappa shape index (κ3) is 6.16. The standard InChI is InChI=1S/C5H12N6/c1-2-3-9-5(8)11-10-4(6)7/h2H,1,3H2,(H4,6,7,10)(H3,8,9,11). The zero-order valence-corrected chi connectivity index (χ0v) is 6.07. The molecule has 0 unspecified atom stereocenters. The van der Waals surface area contributed by atoms with Crippen LogP contribution in [0.2, 0.25) is 0 Å². The first-order valence-electron chi connectivity index (χ1n) is 2.96. The van der Waals surface area contributed by atoms with Crippen molar-refractivity contribution in [2.45, 2.75) is 0 Å². The van der Waals surface area contributed by atoms with Crippen molar-refractivity contribution in [3.05, 3.63) is 12.7 Å². The molecule has 6 heteroatoms. The smallest absolute Gasteiger partial charge is 0.207 e. The summed E-state index contributed by atoms with van der Waals surface area (Å²) in [6.45, 7) is 3.95. The Hall–Kier alpha value is -1.72. The van der Waals surface area contributed by atoms with E-state index in [1.807, 2.05) is 0 Å². The minimum absolute atomic E-state index is 0.0418. The number of guanidine groups is 2. The van der Waals surface area contributed by atoms with E-state index in [9.17, 15) is 0 Å². The van der Waals surface area contributed by atoms with Crippen molar-refractivity contribution in [2.75, 3.05) is 6.54 Å². The summed E-state index contributed by atoms with van der Waals surface area (Å²) in [5, 5.41) is 16.5. The van der Waals surface area contributed by atoms with Crippen LogP contribution in [0.5, 0.6) is 0 Å². The molecule has 0 spiro atoms. The molecule has 0 aliphatic carbocycles. The maximum absolute atomic E-state index is 7.10. The second-order valence-electron chi connectivity index (χ2n) is 1.71. The van der Waals surface area contributed by atoms with Gasteiger partial charge in [0.15, 0.2) is 0 Å². The lowest BCUT2D eigenvalue weighted by Gasteiger charge is -2.08. The molecule has 0 saturated carbocycles. The molecule has 0 rings (SSSR count). The monoisotopic (exact) mass is 156 g/mol. The highest BCUT2D eigenvalue weighted by molar-refractivity contribution is 5.81. The third-order valence-electron chi connectivity index (χ3n) is 0.745. The highest BCUT2D eigenvalue weighted by Gasteiger charge is 1.90. The first kappa shape index (κ1) is 9.28. The van der Waals surface area contributed by atoms with Crippen LogP contribution in [0.3, 0.4) is 0 Å². The van der Waals surface area contributed by atoms with Gasteiger partial charge >= 0.3 is 0 Å². The summed E-state index contributed by atoms with van der Waals surface area (Å²) in [6.07, 6.45) is 1.62. The summed E-state index contributed by atoms with van der Waals surface area (Å²) in [6, 6.07) is 0. The van der Waals surface area contributed by atoms with Crippen LogP contribution in [-0.4, -0.2) is 18.5 Å². The van der Waals surface area contributed by atoms with Gasteiger partial charge in [0.2, 0.25) is 11.9 Å². The van der Waals surface area contributed by atoms with E-state index < -0.39 is 0 Å². The largest absolute Gasteiger partial charge is 0.369 e. The predicted octanol–water partition coefficient (Wildman–Crippen LogP) is -1.32. The fraction of sp³-hybridized carbons (Fsp3) is 0.200. The molecule has 0 aliphatic heterocycles. The molecule has 0 atom stereocenters. The van der Waals surface area contributed by atoms with E-state index in [-0.39, 0.29) is 11.9 Å². The van der Waals surface area contributed by atoms with Gasteiger partial charge in [-0.2, -0.15) is 0 Å². The first-order chi connectivity index (χ1) is 5.16. The van der Waals surface area contributed by atoms with Gasteiger partial charge in [-0.3, -0.25) is 21.7 Å². The Balaban J connectivity index is 3.37. The second kappa shape index (κ2) is 5.10. The Bertz CT molecular complexity index is 162. The van der Waals surface area contributed by atoms with E-state index in [0.29, 0.717) is 6.54 Å². The van der Waals surface area contributed by atoms with Gasteiger partial charge in [0.05, 0.1) is 0 Å². The Morgan fingerprint density at radius 2 is 2.09 bits per heavy atom. The SMILES string of the molecule is C=CCNC(=N)NNC(=N)N. The lowest BCUT2D eigenvalue weighted by atomic mass is 10.6. The Morgan fingerprint density at radius 1 is 1.45 bits per heavy atom. The molecule has 0 saturated heterocycles. The van der Waals surface area contributed by atoms with Gasteiger partial charge in [-0.1, -0.05) is 6.08 Å². The minimum Gasteiger partial charge on any atom is -0.369 e. The molecule has 0 aromatic heterocycles. The molecule has 6 nitrogen and oxygen atoms in total.